The molecule has 0 spiro atoms. The fourth-order valence-electron chi connectivity index (χ4n) is 3.31. The highest BCUT2D eigenvalue weighted by atomic mass is 16.5. The van der Waals surface area contributed by atoms with Gasteiger partial charge in [0.05, 0.1) is 24.7 Å². The van der Waals surface area contributed by atoms with Crippen molar-refractivity contribution in [2.45, 2.75) is 31.9 Å². The lowest BCUT2D eigenvalue weighted by Crippen LogP contribution is -2.57. The van der Waals surface area contributed by atoms with E-state index < -0.39 is 23.8 Å². The van der Waals surface area contributed by atoms with Crippen LogP contribution in [0.5, 0.6) is 11.5 Å². The van der Waals surface area contributed by atoms with Crippen LogP contribution in [0.2, 0.25) is 0 Å². The maximum Gasteiger partial charge on any atom is 0.296 e. The quantitative estimate of drug-likeness (QED) is 0.372. The summed E-state index contributed by atoms with van der Waals surface area (Å²) >= 11 is 0. The van der Waals surface area contributed by atoms with Gasteiger partial charge >= 0.3 is 0 Å². The molecule has 1 saturated heterocycles. The van der Waals surface area contributed by atoms with Crippen LogP contribution in [0.25, 0.3) is 5.41 Å². The van der Waals surface area contributed by atoms with Gasteiger partial charge in [0.2, 0.25) is 6.04 Å². The van der Waals surface area contributed by atoms with Gasteiger partial charge in [-0.1, -0.05) is 12.1 Å². The van der Waals surface area contributed by atoms with E-state index >= 15 is 0 Å². The van der Waals surface area contributed by atoms with E-state index in [1.807, 2.05) is 25.8 Å². The Labute approximate surface area is 163 Å². The van der Waals surface area contributed by atoms with E-state index in [2.05, 4.69) is 5.32 Å². The smallest absolute Gasteiger partial charge is 0.296 e. The third kappa shape index (κ3) is 3.66. The molecule has 3 rings (SSSR count). The number of pyridine rings is 1. The summed E-state index contributed by atoms with van der Waals surface area (Å²) in [6.45, 7) is 3.81. The zero-order chi connectivity index (χ0) is 20.3. The first-order chi connectivity index (χ1) is 13.5. The highest BCUT2D eigenvalue weighted by Crippen LogP contribution is 2.39. The molecular formula is C21H21N3O4. The molecule has 0 bridgehead atoms. The largest absolute Gasteiger partial charge is 0.763 e. The second-order valence-corrected chi connectivity index (χ2v) is 6.67. The molecule has 2 aromatic rings. The fourth-order valence-corrected chi connectivity index (χ4v) is 3.31. The van der Waals surface area contributed by atoms with E-state index in [1.165, 1.54) is 7.11 Å². The minimum atomic E-state index is -0.782. The standard InChI is InChI=1S/C21H21N3O4/c1-13(2)28-16-8-7-14(11-17(16)27-3)18-15(12-22)20(25)23-21(26)19(18)24-9-5-4-6-10-24/h4-11,13,18-19H,1-3H3,(H,23,25,26)/t18-,19+/m0/s1. The highest BCUT2D eigenvalue weighted by Gasteiger charge is 2.46. The van der Waals surface area contributed by atoms with Gasteiger partial charge < -0.3 is 14.9 Å². The number of methoxy groups -OCH3 is 1. The van der Waals surface area contributed by atoms with E-state index in [0.717, 1.165) is 0 Å². The monoisotopic (exact) mass is 379 g/mol. The van der Waals surface area contributed by atoms with Gasteiger partial charge in [-0.05, 0) is 31.5 Å². The fraction of sp³-hybridized carbons (Fsp3) is 0.286. The van der Waals surface area contributed by atoms with Crippen molar-refractivity contribution in [3.63, 3.8) is 0 Å². The van der Waals surface area contributed by atoms with Crippen LogP contribution in [-0.2, 0) is 9.59 Å². The average molecular weight is 379 g/mol. The van der Waals surface area contributed by atoms with Gasteiger partial charge in [0.25, 0.3) is 11.8 Å². The van der Waals surface area contributed by atoms with Crippen LogP contribution in [0, 0.1) is 0 Å². The van der Waals surface area contributed by atoms with Crippen LogP contribution in [0.4, 0.5) is 0 Å². The number of rotatable bonds is 5. The molecule has 0 aliphatic carbocycles. The molecule has 2 amide bonds. The van der Waals surface area contributed by atoms with Crippen LogP contribution in [-0.4, -0.2) is 30.9 Å². The summed E-state index contributed by atoms with van der Waals surface area (Å²) in [5.41, 5.74) is 0.592. The minimum absolute atomic E-state index is 0.0273. The van der Waals surface area contributed by atoms with Crippen LogP contribution in [0.1, 0.15) is 31.4 Å². The Hall–Kier alpha value is -3.44. The van der Waals surface area contributed by atoms with Crippen molar-refractivity contribution in [3.8, 4) is 11.5 Å². The number of amides is 2. The molecule has 0 saturated carbocycles. The zero-order valence-corrected chi connectivity index (χ0v) is 15.9. The number of piperidine rings is 1. The van der Waals surface area contributed by atoms with Gasteiger partial charge in [-0.15, -0.1) is 0 Å². The van der Waals surface area contributed by atoms with Crippen molar-refractivity contribution < 1.29 is 23.6 Å². The molecule has 28 heavy (non-hydrogen) atoms. The molecular weight excluding hydrogens is 358 g/mol. The van der Waals surface area contributed by atoms with Gasteiger partial charge in [0, 0.05) is 12.1 Å². The molecule has 0 radical (unpaired) electrons. The average Bonchev–Trinajstić information content (AvgIpc) is 2.68. The Bertz CT molecular complexity index is 949. The normalized spacial score (nSPS) is 19.2. The lowest BCUT2D eigenvalue weighted by atomic mass is 9.81. The molecule has 1 aromatic heterocycles. The number of aromatic nitrogens is 1. The molecule has 1 N–H and O–H groups in total. The number of carbonyl (C=O) groups is 2. The van der Waals surface area contributed by atoms with E-state index in [9.17, 15) is 15.0 Å². The third-order valence-electron chi connectivity index (χ3n) is 4.47. The van der Waals surface area contributed by atoms with Crippen LogP contribution in [0.15, 0.2) is 54.4 Å². The first kappa shape index (κ1) is 19.3. The van der Waals surface area contributed by atoms with Crippen LogP contribution in [0.3, 0.4) is 0 Å². The summed E-state index contributed by atoms with van der Waals surface area (Å²) in [4.78, 5) is 25.0. The maximum absolute atomic E-state index is 12.7. The molecule has 1 aromatic carbocycles. The van der Waals surface area contributed by atoms with Crippen molar-refractivity contribution in [1.82, 2.24) is 5.32 Å². The molecule has 0 unspecified atom stereocenters. The third-order valence-corrected chi connectivity index (χ3v) is 4.47. The Morgan fingerprint density at radius 3 is 2.46 bits per heavy atom. The SMILES string of the molecule is COc1cc([C@H]2C(=C=[N-])C(=O)NC(=O)[C@@H]2[n+]2ccccc2)ccc1OC(C)C. The van der Waals surface area contributed by atoms with Crippen LogP contribution >= 0.6 is 0 Å². The Morgan fingerprint density at radius 2 is 1.86 bits per heavy atom. The van der Waals surface area contributed by atoms with Gasteiger partial charge in [0.1, 0.15) is 0 Å². The van der Waals surface area contributed by atoms with Gasteiger partial charge in [0.15, 0.2) is 23.9 Å². The molecule has 7 heteroatoms. The molecule has 1 aliphatic heterocycles. The van der Waals surface area contributed by atoms with Gasteiger partial charge in [-0.2, -0.15) is 4.57 Å². The van der Waals surface area contributed by atoms with E-state index in [0.29, 0.717) is 17.1 Å². The summed E-state index contributed by atoms with van der Waals surface area (Å²) < 4.78 is 12.9. The minimum Gasteiger partial charge on any atom is -0.763 e. The Kier molecular flexibility index (Phi) is 5.57. The summed E-state index contributed by atoms with van der Waals surface area (Å²) in [5.74, 6) is 1.11. The van der Waals surface area contributed by atoms with Crippen LogP contribution < -0.4 is 19.4 Å². The van der Waals surface area contributed by atoms with E-state index in [1.54, 1.807) is 47.3 Å². The number of ether oxygens (including phenoxy) is 2. The van der Waals surface area contributed by atoms with E-state index in [-0.39, 0.29) is 11.7 Å². The number of carbonyl (C=O) groups excluding carboxylic acids is 2. The van der Waals surface area contributed by atoms with Crippen molar-refractivity contribution >= 4 is 17.7 Å². The predicted molar refractivity (Wildman–Crippen MR) is 102 cm³/mol. The number of nitrogens with one attached hydrogen (secondary N) is 1. The summed E-state index contributed by atoms with van der Waals surface area (Å²) in [6, 6.07) is 9.81. The lowest BCUT2D eigenvalue weighted by Gasteiger charge is -2.29. The molecule has 1 aliphatic rings. The summed E-state index contributed by atoms with van der Waals surface area (Å²) in [7, 11) is 1.52. The molecule has 144 valence electrons. The topological polar surface area (TPSA) is 90.8 Å². The van der Waals surface area contributed by atoms with Gasteiger partial charge in [-0.25, -0.2) is 0 Å². The lowest BCUT2D eigenvalue weighted by molar-refractivity contribution is -0.711. The molecule has 2 heterocycles. The highest BCUT2D eigenvalue weighted by molar-refractivity contribution is 6.14. The number of benzene rings is 1. The number of nitrogens with zero attached hydrogens (tertiary/aromatic N) is 2. The zero-order valence-electron chi connectivity index (χ0n) is 15.9. The van der Waals surface area contributed by atoms with E-state index in [4.69, 9.17) is 9.47 Å². The van der Waals surface area contributed by atoms with Crippen molar-refractivity contribution in [2.75, 3.05) is 7.11 Å². The summed E-state index contributed by atoms with van der Waals surface area (Å²) in [6.07, 6.45) is 3.42. The van der Waals surface area contributed by atoms with Gasteiger partial charge in [-0.3, -0.25) is 20.8 Å². The summed E-state index contributed by atoms with van der Waals surface area (Å²) in [5, 5.41) is 11.9. The Balaban J connectivity index is 2.14. The number of hydrogen-bond acceptors (Lipinski definition) is 4. The van der Waals surface area contributed by atoms with Crippen molar-refractivity contribution in [3.05, 3.63) is 65.3 Å². The molecule has 1 fully saturated rings. The molecule has 2 atom stereocenters. The first-order valence-electron chi connectivity index (χ1n) is 8.88. The number of imide groups is 1. The van der Waals surface area contributed by atoms with Crippen molar-refractivity contribution in [2.24, 2.45) is 0 Å². The van der Waals surface area contributed by atoms with Crippen molar-refractivity contribution in [1.29, 1.82) is 0 Å². The second-order valence-electron chi connectivity index (χ2n) is 6.67. The molecule has 7 nitrogen and oxygen atoms in total. The first-order valence-corrected chi connectivity index (χ1v) is 8.88. The maximum atomic E-state index is 12.7. The number of hydrogen-bond donors (Lipinski definition) is 1. The predicted octanol–water partition coefficient (Wildman–Crippen LogP) is 1.92. The Morgan fingerprint density at radius 1 is 1.14 bits per heavy atom. The second kappa shape index (κ2) is 8.06.